The summed E-state index contributed by atoms with van der Waals surface area (Å²) in [6.07, 6.45) is 0. The van der Waals surface area contributed by atoms with E-state index in [9.17, 15) is 4.79 Å². The number of aromatic amines is 1. The number of carbonyl (C=O) groups is 1. The molecule has 1 amide bonds. The third-order valence-electron chi connectivity index (χ3n) is 2.96. The minimum atomic E-state index is -0.319. The highest BCUT2D eigenvalue weighted by Crippen LogP contribution is 2.15. The number of rotatable bonds is 4. The lowest BCUT2D eigenvalue weighted by Gasteiger charge is -2.07. The molecule has 0 fully saturated rings. The number of nitrogens with one attached hydrogen (secondary N) is 3. The Bertz CT molecular complexity index is 793. The van der Waals surface area contributed by atoms with Crippen LogP contribution in [0, 0.1) is 13.8 Å². The van der Waals surface area contributed by atoms with Crippen LogP contribution in [-0.4, -0.2) is 36.5 Å². The zero-order valence-corrected chi connectivity index (χ0v) is 12.5. The van der Waals surface area contributed by atoms with Crippen molar-refractivity contribution in [3.63, 3.8) is 0 Å². The van der Waals surface area contributed by atoms with Crippen molar-refractivity contribution in [3.05, 3.63) is 47.3 Å². The molecule has 0 aliphatic rings. The summed E-state index contributed by atoms with van der Waals surface area (Å²) in [5.41, 5.74) is 3.03. The number of H-pyrrole nitrogens is 1. The molecule has 9 nitrogen and oxygen atoms in total. The topological polar surface area (TPSA) is 121 Å². The van der Waals surface area contributed by atoms with Crippen LogP contribution < -0.4 is 10.6 Å². The number of aryl methyl sites for hydroxylation is 2. The first kappa shape index (κ1) is 14.6. The van der Waals surface area contributed by atoms with Gasteiger partial charge < -0.3 is 5.32 Å². The molecule has 0 bridgehead atoms. The predicted molar refractivity (Wildman–Crippen MR) is 83.4 cm³/mol. The van der Waals surface area contributed by atoms with Crippen LogP contribution in [0.4, 0.5) is 17.6 Å². The number of aromatic nitrogens is 6. The molecule has 0 saturated heterocycles. The number of nitrogens with zero attached hydrogens (tertiary/aromatic N) is 5. The number of carbonyl (C=O) groups excluding carboxylic acids is 1. The molecule has 23 heavy (non-hydrogen) atoms. The molecule has 0 aliphatic carbocycles. The molecule has 3 rings (SSSR count). The summed E-state index contributed by atoms with van der Waals surface area (Å²) in [6.45, 7) is 3.82. The van der Waals surface area contributed by atoms with E-state index in [2.05, 4.69) is 41.2 Å². The summed E-state index contributed by atoms with van der Waals surface area (Å²) in [4.78, 5) is 20.6. The minimum absolute atomic E-state index is 0.126. The number of benzene rings is 1. The molecule has 0 unspecified atom stereocenters. The summed E-state index contributed by atoms with van der Waals surface area (Å²) in [5.74, 6) is 0.327. The molecule has 0 radical (unpaired) electrons. The third-order valence-corrected chi connectivity index (χ3v) is 2.96. The third kappa shape index (κ3) is 3.64. The fraction of sp³-hybridized carbons (Fsp3) is 0.143. The lowest BCUT2D eigenvalue weighted by atomic mass is 10.2. The van der Waals surface area contributed by atoms with E-state index >= 15 is 0 Å². The van der Waals surface area contributed by atoms with Gasteiger partial charge in [0.2, 0.25) is 5.95 Å². The predicted octanol–water partition coefficient (Wildman–Crippen LogP) is 1.60. The van der Waals surface area contributed by atoms with Crippen LogP contribution in [0.5, 0.6) is 0 Å². The largest absolute Gasteiger partial charge is 0.324 e. The Morgan fingerprint density at radius 2 is 1.74 bits per heavy atom. The van der Waals surface area contributed by atoms with E-state index in [1.165, 1.54) is 0 Å². The van der Waals surface area contributed by atoms with Crippen molar-refractivity contribution in [1.82, 2.24) is 30.6 Å². The number of tetrazole rings is 1. The van der Waals surface area contributed by atoms with Crippen LogP contribution in [-0.2, 0) is 0 Å². The normalized spacial score (nSPS) is 10.3. The number of amides is 1. The maximum Gasteiger partial charge on any atom is 0.270 e. The van der Waals surface area contributed by atoms with Gasteiger partial charge in [-0.1, -0.05) is 5.10 Å². The van der Waals surface area contributed by atoms with E-state index < -0.39 is 0 Å². The lowest BCUT2D eigenvalue weighted by Crippen LogP contribution is -2.13. The van der Waals surface area contributed by atoms with Crippen molar-refractivity contribution in [1.29, 1.82) is 0 Å². The van der Waals surface area contributed by atoms with Gasteiger partial charge in [0.15, 0.2) is 0 Å². The molecular formula is C14H14N8O. The second-order valence-corrected chi connectivity index (χ2v) is 4.87. The Morgan fingerprint density at radius 3 is 2.35 bits per heavy atom. The molecule has 0 saturated carbocycles. The van der Waals surface area contributed by atoms with Crippen LogP contribution in [0.15, 0.2) is 30.3 Å². The van der Waals surface area contributed by atoms with E-state index in [1.54, 1.807) is 24.3 Å². The molecule has 1 aromatic carbocycles. The van der Waals surface area contributed by atoms with Crippen LogP contribution in [0.2, 0.25) is 0 Å². The van der Waals surface area contributed by atoms with Gasteiger partial charge in [-0.15, -0.1) is 5.10 Å². The second-order valence-electron chi connectivity index (χ2n) is 4.87. The summed E-state index contributed by atoms with van der Waals surface area (Å²) in [5, 5.41) is 18.6. The van der Waals surface area contributed by atoms with Crippen LogP contribution in [0.3, 0.4) is 0 Å². The van der Waals surface area contributed by atoms with Crippen molar-refractivity contribution < 1.29 is 4.79 Å². The highest BCUT2D eigenvalue weighted by atomic mass is 16.1. The van der Waals surface area contributed by atoms with Gasteiger partial charge in [-0.3, -0.25) is 10.1 Å². The van der Waals surface area contributed by atoms with Crippen molar-refractivity contribution in [2.24, 2.45) is 0 Å². The molecule has 3 N–H and O–H groups in total. The SMILES string of the molecule is Cc1cc(C)nc(Nc2ccc(C(=O)Nc3nn[nH]n3)cc2)n1. The average molecular weight is 310 g/mol. The van der Waals surface area contributed by atoms with Crippen molar-refractivity contribution in [2.45, 2.75) is 13.8 Å². The smallest absolute Gasteiger partial charge is 0.270 e. The molecule has 3 aromatic rings. The van der Waals surface area contributed by atoms with Gasteiger partial charge in [0.05, 0.1) is 0 Å². The van der Waals surface area contributed by atoms with E-state index in [0.29, 0.717) is 11.5 Å². The Kier molecular flexibility index (Phi) is 3.91. The van der Waals surface area contributed by atoms with E-state index in [1.807, 2.05) is 19.9 Å². The van der Waals surface area contributed by atoms with Gasteiger partial charge in [0.25, 0.3) is 11.9 Å². The average Bonchev–Trinajstić information content (AvgIpc) is 3.00. The number of hydrogen-bond acceptors (Lipinski definition) is 7. The van der Waals surface area contributed by atoms with Gasteiger partial charge in [0, 0.05) is 22.6 Å². The summed E-state index contributed by atoms with van der Waals surface area (Å²) >= 11 is 0. The van der Waals surface area contributed by atoms with E-state index in [4.69, 9.17) is 0 Å². The van der Waals surface area contributed by atoms with Crippen LogP contribution in [0.25, 0.3) is 0 Å². The first-order chi connectivity index (χ1) is 11.1. The first-order valence-electron chi connectivity index (χ1n) is 6.84. The maximum absolute atomic E-state index is 12.0. The molecule has 0 aliphatic heterocycles. The fourth-order valence-corrected chi connectivity index (χ4v) is 2.00. The molecule has 2 aromatic heterocycles. The fourth-order valence-electron chi connectivity index (χ4n) is 2.00. The van der Waals surface area contributed by atoms with E-state index in [-0.39, 0.29) is 11.9 Å². The Balaban J connectivity index is 1.70. The van der Waals surface area contributed by atoms with Gasteiger partial charge in [-0.2, -0.15) is 5.21 Å². The Hall–Kier alpha value is -3.36. The van der Waals surface area contributed by atoms with Crippen LogP contribution >= 0.6 is 0 Å². The first-order valence-corrected chi connectivity index (χ1v) is 6.84. The molecule has 116 valence electrons. The van der Waals surface area contributed by atoms with Gasteiger partial charge >= 0.3 is 0 Å². The number of anilines is 3. The quantitative estimate of drug-likeness (QED) is 0.669. The number of hydrogen-bond donors (Lipinski definition) is 3. The zero-order chi connectivity index (χ0) is 16.2. The summed E-state index contributed by atoms with van der Waals surface area (Å²) < 4.78 is 0. The summed E-state index contributed by atoms with van der Waals surface area (Å²) in [6, 6.07) is 8.80. The molecule has 2 heterocycles. The monoisotopic (exact) mass is 310 g/mol. The molecule has 0 spiro atoms. The maximum atomic E-state index is 12.0. The molecule has 9 heteroatoms. The lowest BCUT2D eigenvalue weighted by molar-refractivity contribution is 0.102. The van der Waals surface area contributed by atoms with Crippen molar-refractivity contribution >= 4 is 23.5 Å². The Labute approximate surface area is 131 Å². The van der Waals surface area contributed by atoms with Gasteiger partial charge in [-0.05, 0) is 49.4 Å². The van der Waals surface area contributed by atoms with E-state index in [0.717, 1.165) is 17.1 Å². The molecular weight excluding hydrogens is 296 g/mol. The van der Waals surface area contributed by atoms with Crippen LogP contribution in [0.1, 0.15) is 21.7 Å². The highest BCUT2D eigenvalue weighted by molar-refractivity contribution is 6.03. The van der Waals surface area contributed by atoms with Crippen molar-refractivity contribution in [3.8, 4) is 0 Å². The molecule has 0 atom stereocenters. The minimum Gasteiger partial charge on any atom is -0.324 e. The standard InChI is InChI=1S/C14H14N8O/c1-8-7-9(2)16-13(15-8)17-11-5-3-10(4-6-11)12(23)18-14-19-21-22-20-14/h3-7H,1-2H3,(H,15,16,17)(H2,18,19,20,21,22,23). The van der Waals surface area contributed by atoms with Crippen molar-refractivity contribution in [2.75, 3.05) is 10.6 Å². The zero-order valence-electron chi connectivity index (χ0n) is 12.5. The summed E-state index contributed by atoms with van der Waals surface area (Å²) in [7, 11) is 0. The highest BCUT2D eigenvalue weighted by Gasteiger charge is 2.08. The second kappa shape index (κ2) is 6.18. The Morgan fingerprint density at radius 1 is 1.04 bits per heavy atom. The van der Waals surface area contributed by atoms with Gasteiger partial charge in [-0.25, -0.2) is 9.97 Å². The van der Waals surface area contributed by atoms with Gasteiger partial charge in [0.1, 0.15) is 0 Å².